The molecule has 0 aliphatic carbocycles. The average Bonchev–Trinajstić information content (AvgIpc) is 2.43. The van der Waals surface area contributed by atoms with Crippen LogP contribution in [0.2, 0.25) is 0 Å². The molecule has 0 spiro atoms. The van der Waals surface area contributed by atoms with Crippen molar-refractivity contribution < 1.29 is 13.5 Å². The molecule has 1 aromatic carbocycles. The van der Waals surface area contributed by atoms with Gasteiger partial charge in [0.15, 0.2) is 0 Å². The van der Waals surface area contributed by atoms with Crippen LogP contribution in [0.15, 0.2) is 24.3 Å². The zero-order chi connectivity index (χ0) is 15.2. The predicted octanol–water partition coefficient (Wildman–Crippen LogP) is 3.93. The lowest BCUT2D eigenvalue weighted by molar-refractivity contribution is 0.448. The number of aromatic nitrogens is 2. The van der Waals surface area contributed by atoms with Crippen LogP contribution in [0.5, 0.6) is 11.6 Å². The standard InChI is InChI=1S/C15H17F2N3O/c1-3-5-18-14-9-15(20-13(4-2)19-14)21-12-7-10(16)6-11(17)8-12/h6-9H,3-5H2,1-2H3,(H,18,19,20). The van der Waals surface area contributed by atoms with Crippen molar-refractivity contribution in [2.24, 2.45) is 0 Å². The fourth-order valence-corrected chi connectivity index (χ4v) is 1.73. The third kappa shape index (κ3) is 4.37. The van der Waals surface area contributed by atoms with Crippen LogP contribution in [0.3, 0.4) is 0 Å². The van der Waals surface area contributed by atoms with E-state index < -0.39 is 11.6 Å². The van der Waals surface area contributed by atoms with Crippen LogP contribution in [0.1, 0.15) is 26.1 Å². The normalized spacial score (nSPS) is 10.5. The van der Waals surface area contributed by atoms with Gasteiger partial charge in [0, 0.05) is 37.2 Å². The molecule has 0 radical (unpaired) electrons. The van der Waals surface area contributed by atoms with Crippen LogP contribution in [0.25, 0.3) is 0 Å². The summed E-state index contributed by atoms with van der Waals surface area (Å²) >= 11 is 0. The Morgan fingerprint density at radius 1 is 1.05 bits per heavy atom. The first kappa shape index (κ1) is 15.2. The summed E-state index contributed by atoms with van der Waals surface area (Å²) in [5, 5.41) is 3.14. The van der Waals surface area contributed by atoms with Gasteiger partial charge >= 0.3 is 0 Å². The number of rotatable bonds is 6. The second-order valence-corrected chi connectivity index (χ2v) is 4.50. The molecule has 2 rings (SSSR count). The largest absolute Gasteiger partial charge is 0.439 e. The van der Waals surface area contributed by atoms with Gasteiger partial charge in [-0.1, -0.05) is 13.8 Å². The minimum Gasteiger partial charge on any atom is -0.439 e. The van der Waals surface area contributed by atoms with E-state index in [1.807, 2.05) is 13.8 Å². The van der Waals surface area contributed by atoms with Gasteiger partial charge in [0.1, 0.15) is 29.0 Å². The molecular weight excluding hydrogens is 276 g/mol. The molecule has 0 saturated carbocycles. The molecule has 1 N–H and O–H groups in total. The molecule has 0 amide bonds. The van der Waals surface area contributed by atoms with Crippen LogP contribution in [-0.4, -0.2) is 16.5 Å². The Bertz CT molecular complexity index is 600. The van der Waals surface area contributed by atoms with Crippen molar-refractivity contribution in [1.82, 2.24) is 9.97 Å². The first-order valence-electron chi connectivity index (χ1n) is 6.86. The highest BCUT2D eigenvalue weighted by atomic mass is 19.1. The second kappa shape index (κ2) is 6.97. The molecule has 0 fully saturated rings. The zero-order valence-corrected chi connectivity index (χ0v) is 12.0. The fraction of sp³-hybridized carbons (Fsp3) is 0.333. The quantitative estimate of drug-likeness (QED) is 0.876. The van der Waals surface area contributed by atoms with Crippen LogP contribution < -0.4 is 10.1 Å². The lowest BCUT2D eigenvalue weighted by Crippen LogP contribution is -2.05. The monoisotopic (exact) mass is 293 g/mol. The second-order valence-electron chi connectivity index (χ2n) is 4.50. The van der Waals surface area contributed by atoms with E-state index in [1.54, 1.807) is 6.07 Å². The molecule has 1 aromatic heterocycles. The van der Waals surface area contributed by atoms with Crippen LogP contribution in [0.4, 0.5) is 14.6 Å². The summed E-state index contributed by atoms with van der Waals surface area (Å²) in [5.74, 6) is 0.164. The molecule has 1 heterocycles. The van der Waals surface area contributed by atoms with Crippen molar-refractivity contribution in [3.63, 3.8) is 0 Å². The topological polar surface area (TPSA) is 47.0 Å². The van der Waals surface area contributed by atoms with Gasteiger partial charge in [-0.2, -0.15) is 4.98 Å². The van der Waals surface area contributed by atoms with Crippen molar-refractivity contribution in [1.29, 1.82) is 0 Å². The molecule has 6 heteroatoms. The molecule has 2 aromatic rings. The minimum absolute atomic E-state index is 0.0645. The Balaban J connectivity index is 2.25. The number of hydrogen-bond acceptors (Lipinski definition) is 4. The number of hydrogen-bond donors (Lipinski definition) is 1. The Hall–Kier alpha value is -2.24. The molecule has 21 heavy (non-hydrogen) atoms. The molecule has 0 unspecified atom stereocenters. The number of nitrogens with one attached hydrogen (secondary N) is 1. The molecule has 0 atom stereocenters. The molecule has 0 aliphatic rings. The summed E-state index contributed by atoms with van der Waals surface area (Å²) in [7, 11) is 0. The van der Waals surface area contributed by atoms with Gasteiger partial charge in [-0.05, 0) is 6.42 Å². The average molecular weight is 293 g/mol. The first-order valence-corrected chi connectivity index (χ1v) is 6.86. The highest BCUT2D eigenvalue weighted by Gasteiger charge is 2.07. The molecule has 0 saturated heterocycles. The van der Waals surface area contributed by atoms with E-state index in [9.17, 15) is 8.78 Å². The van der Waals surface area contributed by atoms with E-state index in [0.717, 1.165) is 31.2 Å². The predicted molar refractivity (Wildman–Crippen MR) is 76.6 cm³/mol. The van der Waals surface area contributed by atoms with E-state index >= 15 is 0 Å². The number of benzene rings is 1. The number of anilines is 1. The van der Waals surface area contributed by atoms with E-state index in [0.29, 0.717) is 18.1 Å². The Morgan fingerprint density at radius 2 is 1.76 bits per heavy atom. The van der Waals surface area contributed by atoms with Crippen LogP contribution in [0, 0.1) is 11.6 Å². The Labute approximate surface area is 122 Å². The minimum atomic E-state index is -0.695. The van der Waals surface area contributed by atoms with Gasteiger partial charge in [0.05, 0.1) is 0 Å². The summed E-state index contributed by atoms with van der Waals surface area (Å²) in [5.41, 5.74) is 0. The van der Waals surface area contributed by atoms with Gasteiger partial charge in [0.2, 0.25) is 5.88 Å². The van der Waals surface area contributed by atoms with E-state index in [1.165, 1.54) is 0 Å². The Kier molecular flexibility index (Phi) is 5.03. The maximum atomic E-state index is 13.2. The van der Waals surface area contributed by atoms with Crippen LogP contribution in [-0.2, 0) is 6.42 Å². The third-order valence-corrected chi connectivity index (χ3v) is 2.68. The van der Waals surface area contributed by atoms with Gasteiger partial charge in [-0.3, -0.25) is 0 Å². The highest BCUT2D eigenvalue weighted by molar-refractivity contribution is 5.40. The Morgan fingerprint density at radius 3 is 2.38 bits per heavy atom. The summed E-state index contributed by atoms with van der Waals surface area (Å²) in [6.45, 7) is 4.74. The molecule has 0 aliphatic heterocycles. The first-order chi connectivity index (χ1) is 10.1. The molecule has 0 bridgehead atoms. The SMILES string of the molecule is CCCNc1cc(Oc2cc(F)cc(F)c2)nc(CC)n1. The van der Waals surface area contributed by atoms with Gasteiger partial charge in [-0.15, -0.1) is 0 Å². The number of halogens is 2. The van der Waals surface area contributed by atoms with Gasteiger partial charge in [-0.25, -0.2) is 13.8 Å². The lowest BCUT2D eigenvalue weighted by Gasteiger charge is -2.10. The summed E-state index contributed by atoms with van der Waals surface area (Å²) < 4.78 is 31.7. The van der Waals surface area contributed by atoms with E-state index in [2.05, 4.69) is 15.3 Å². The van der Waals surface area contributed by atoms with Crippen molar-refractivity contribution in [2.75, 3.05) is 11.9 Å². The van der Waals surface area contributed by atoms with E-state index in [4.69, 9.17) is 4.74 Å². The zero-order valence-electron chi connectivity index (χ0n) is 12.0. The number of aryl methyl sites for hydroxylation is 1. The number of ether oxygens (including phenoxy) is 1. The summed E-state index contributed by atoms with van der Waals surface area (Å²) in [6.07, 6.45) is 1.59. The summed E-state index contributed by atoms with van der Waals surface area (Å²) in [6, 6.07) is 4.61. The third-order valence-electron chi connectivity index (χ3n) is 2.68. The van der Waals surface area contributed by atoms with Crippen LogP contribution >= 0.6 is 0 Å². The molecule has 4 nitrogen and oxygen atoms in total. The van der Waals surface area contributed by atoms with Crippen molar-refractivity contribution in [3.8, 4) is 11.6 Å². The fourth-order valence-electron chi connectivity index (χ4n) is 1.73. The molecule has 112 valence electrons. The van der Waals surface area contributed by atoms with Gasteiger partial charge < -0.3 is 10.1 Å². The summed E-state index contributed by atoms with van der Waals surface area (Å²) in [4.78, 5) is 8.51. The van der Waals surface area contributed by atoms with Crippen molar-refractivity contribution >= 4 is 5.82 Å². The molecular formula is C15H17F2N3O. The maximum absolute atomic E-state index is 13.2. The van der Waals surface area contributed by atoms with Crippen molar-refractivity contribution in [3.05, 3.63) is 41.7 Å². The van der Waals surface area contributed by atoms with E-state index in [-0.39, 0.29) is 11.6 Å². The number of nitrogens with zero attached hydrogens (tertiary/aromatic N) is 2. The highest BCUT2D eigenvalue weighted by Crippen LogP contribution is 2.23. The smallest absolute Gasteiger partial charge is 0.224 e. The lowest BCUT2D eigenvalue weighted by atomic mass is 10.3. The van der Waals surface area contributed by atoms with Crippen molar-refractivity contribution in [2.45, 2.75) is 26.7 Å². The maximum Gasteiger partial charge on any atom is 0.224 e. The van der Waals surface area contributed by atoms with Gasteiger partial charge in [0.25, 0.3) is 0 Å².